The average molecular weight is 353 g/mol. The number of carbonyl (C=O) groups is 1. The maximum atomic E-state index is 12.3. The van der Waals surface area contributed by atoms with Gasteiger partial charge >= 0.3 is 0 Å². The highest BCUT2D eigenvalue weighted by Gasteiger charge is 2.27. The molecule has 1 aliphatic carbocycles. The van der Waals surface area contributed by atoms with Gasteiger partial charge in [0, 0.05) is 18.2 Å². The molecule has 1 aromatic rings. The highest BCUT2D eigenvalue weighted by atomic mass is 32.2. The van der Waals surface area contributed by atoms with E-state index in [1.54, 1.807) is 12.1 Å². The van der Waals surface area contributed by atoms with Gasteiger partial charge in [-0.1, -0.05) is 20.3 Å². The van der Waals surface area contributed by atoms with E-state index in [-0.39, 0.29) is 22.8 Å². The molecule has 1 saturated carbocycles. The molecule has 2 atom stereocenters. The van der Waals surface area contributed by atoms with E-state index in [2.05, 4.69) is 10.0 Å². The standard InChI is InChI=1S/C17H27N3O3S/c1-12(2)11-19-24(22,23)15-8-6-13(7-9-15)17(21)20-16-5-3-4-14(16)10-18/h6-9,12,14,16,19H,3-5,10-11,18H2,1-2H3,(H,20,21). The second kappa shape index (κ2) is 8.09. The molecule has 4 N–H and O–H groups in total. The highest BCUT2D eigenvalue weighted by Crippen LogP contribution is 2.25. The van der Waals surface area contributed by atoms with Crippen molar-refractivity contribution in [2.24, 2.45) is 17.6 Å². The van der Waals surface area contributed by atoms with Crippen molar-refractivity contribution in [3.05, 3.63) is 29.8 Å². The number of hydrogen-bond acceptors (Lipinski definition) is 4. The van der Waals surface area contributed by atoms with E-state index >= 15 is 0 Å². The molecule has 7 heteroatoms. The molecule has 2 unspecified atom stereocenters. The van der Waals surface area contributed by atoms with Crippen LogP contribution in [0.15, 0.2) is 29.2 Å². The molecule has 134 valence electrons. The van der Waals surface area contributed by atoms with Gasteiger partial charge in [0.2, 0.25) is 10.0 Å². The summed E-state index contributed by atoms with van der Waals surface area (Å²) in [6, 6.07) is 6.13. The minimum absolute atomic E-state index is 0.110. The Bertz CT molecular complexity index is 656. The smallest absolute Gasteiger partial charge is 0.251 e. The lowest BCUT2D eigenvalue weighted by Crippen LogP contribution is -2.39. The third-order valence-corrected chi connectivity index (χ3v) is 5.83. The molecule has 0 saturated heterocycles. The summed E-state index contributed by atoms with van der Waals surface area (Å²) >= 11 is 0. The Labute approximate surface area is 144 Å². The number of benzene rings is 1. The molecule has 1 aromatic carbocycles. The molecular weight excluding hydrogens is 326 g/mol. The second-order valence-corrected chi connectivity index (χ2v) is 8.54. The Morgan fingerprint density at radius 1 is 1.25 bits per heavy atom. The summed E-state index contributed by atoms with van der Waals surface area (Å²) in [5, 5.41) is 3.01. The maximum Gasteiger partial charge on any atom is 0.251 e. The Balaban J connectivity index is 2.02. The first-order valence-electron chi connectivity index (χ1n) is 8.44. The third-order valence-electron chi connectivity index (χ3n) is 4.39. The summed E-state index contributed by atoms with van der Waals surface area (Å²) < 4.78 is 26.9. The summed E-state index contributed by atoms with van der Waals surface area (Å²) in [7, 11) is -3.53. The van der Waals surface area contributed by atoms with E-state index < -0.39 is 10.0 Å². The van der Waals surface area contributed by atoms with Crippen LogP contribution in [0, 0.1) is 11.8 Å². The Kier molecular flexibility index (Phi) is 6.37. The molecular formula is C17H27N3O3S. The van der Waals surface area contributed by atoms with Crippen molar-refractivity contribution in [2.75, 3.05) is 13.1 Å². The number of nitrogens with one attached hydrogen (secondary N) is 2. The Morgan fingerprint density at radius 2 is 1.92 bits per heavy atom. The lowest BCUT2D eigenvalue weighted by Gasteiger charge is -2.19. The van der Waals surface area contributed by atoms with Gasteiger partial charge in [-0.2, -0.15) is 0 Å². The monoisotopic (exact) mass is 353 g/mol. The van der Waals surface area contributed by atoms with E-state index in [4.69, 9.17) is 5.73 Å². The largest absolute Gasteiger partial charge is 0.349 e. The molecule has 1 aliphatic rings. The van der Waals surface area contributed by atoms with E-state index in [9.17, 15) is 13.2 Å². The minimum atomic E-state index is -3.53. The van der Waals surface area contributed by atoms with Crippen LogP contribution in [0.3, 0.4) is 0 Å². The zero-order chi connectivity index (χ0) is 17.7. The first-order chi connectivity index (χ1) is 11.3. The molecule has 0 bridgehead atoms. The fourth-order valence-electron chi connectivity index (χ4n) is 2.91. The van der Waals surface area contributed by atoms with Crippen molar-refractivity contribution in [3.63, 3.8) is 0 Å². The van der Waals surface area contributed by atoms with Crippen LogP contribution in [-0.4, -0.2) is 33.5 Å². The van der Waals surface area contributed by atoms with Gasteiger partial charge in [-0.05, 0) is 55.5 Å². The molecule has 0 aromatic heterocycles. The minimum Gasteiger partial charge on any atom is -0.349 e. The highest BCUT2D eigenvalue weighted by molar-refractivity contribution is 7.89. The van der Waals surface area contributed by atoms with Crippen LogP contribution in [0.2, 0.25) is 0 Å². The number of nitrogens with two attached hydrogens (primary N) is 1. The first kappa shape index (κ1) is 18.9. The van der Waals surface area contributed by atoms with Crippen LogP contribution in [0.1, 0.15) is 43.5 Å². The van der Waals surface area contributed by atoms with E-state index in [0.717, 1.165) is 19.3 Å². The van der Waals surface area contributed by atoms with E-state index in [1.165, 1.54) is 12.1 Å². The molecule has 2 rings (SSSR count). The Morgan fingerprint density at radius 3 is 2.50 bits per heavy atom. The molecule has 0 spiro atoms. The molecule has 1 fully saturated rings. The molecule has 0 radical (unpaired) electrons. The second-order valence-electron chi connectivity index (χ2n) is 6.78. The fourth-order valence-corrected chi connectivity index (χ4v) is 4.12. The number of rotatable bonds is 7. The van der Waals surface area contributed by atoms with Crippen LogP contribution in [0.4, 0.5) is 0 Å². The first-order valence-corrected chi connectivity index (χ1v) is 9.92. The van der Waals surface area contributed by atoms with Gasteiger partial charge in [-0.3, -0.25) is 4.79 Å². The van der Waals surface area contributed by atoms with Gasteiger partial charge in [0.25, 0.3) is 5.91 Å². The SMILES string of the molecule is CC(C)CNS(=O)(=O)c1ccc(C(=O)NC2CCCC2CN)cc1. The molecule has 6 nitrogen and oxygen atoms in total. The zero-order valence-corrected chi connectivity index (χ0v) is 15.1. The predicted molar refractivity (Wildman–Crippen MR) is 94.1 cm³/mol. The van der Waals surface area contributed by atoms with Gasteiger partial charge in [-0.25, -0.2) is 13.1 Å². The van der Waals surface area contributed by atoms with Gasteiger partial charge < -0.3 is 11.1 Å². The average Bonchev–Trinajstić information content (AvgIpc) is 3.00. The fraction of sp³-hybridized carbons (Fsp3) is 0.588. The molecule has 0 aliphatic heterocycles. The predicted octanol–water partition coefficient (Wildman–Crippen LogP) is 1.48. The quantitative estimate of drug-likeness (QED) is 0.691. The van der Waals surface area contributed by atoms with E-state index in [0.29, 0.717) is 24.6 Å². The maximum absolute atomic E-state index is 12.3. The van der Waals surface area contributed by atoms with Gasteiger partial charge in [0.15, 0.2) is 0 Å². The molecule has 1 amide bonds. The topological polar surface area (TPSA) is 101 Å². The van der Waals surface area contributed by atoms with Crippen molar-refractivity contribution >= 4 is 15.9 Å². The van der Waals surface area contributed by atoms with E-state index in [1.807, 2.05) is 13.8 Å². The van der Waals surface area contributed by atoms with Gasteiger partial charge in [0.05, 0.1) is 4.90 Å². The van der Waals surface area contributed by atoms with Crippen molar-refractivity contribution in [3.8, 4) is 0 Å². The zero-order valence-electron chi connectivity index (χ0n) is 14.3. The summed E-state index contributed by atoms with van der Waals surface area (Å²) in [4.78, 5) is 12.5. The Hall–Kier alpha value is -1.44. The van der Waals surface area contributed by atoms with Crippen molar-refractivity contribution in [1.82, 2.24) is 10.0 Å². The van der Waals surface area contributed by atoms with Crippen molar-refractivity contribution < 1.29 is 13.2 Å². The normalized spacial score (nSPS) is 21.2. The number of sulfonamides is 1. The van der Waals surface area contributed by atoms with Crippen molar-refractivity contribution in [2.45, 2.75) is 44.0 Å². The molecule has 0 heterocycles. The van der Waals surface area contributed by atoms with Crippen LogP contribution in [0.25, 0.3) is 0 Å². The van der Waals surface area contributed by atoms with Crippen LogP contribution >= 0.6 is 0 Å². The van der Waals surface area contributed by atoms with Gasteiger partial charge in [0.1, 0.15) is 0 Å². The lowest BCUT2D eigenvalue weighted by molar-refractivity contribution is 0.0928. The van der Waals surface area contributed by atoms with Gasteiger partial charge in [-0.15, -0.1) is 0 Å². The number of amides is 1. The van der Waals surface area contributed by atoms with Crippen LogP contribution in [0.5, 0.6) is 0 Å². The van der Waals surface area contributed by atoms with Crippen molar-refractivity contribution in [1.29, 1.82) is 0 Å². The van der Waals surface area contributed by atoms with Crippen LogP contribution in [-0.2, 0) is 10.0 Å². The summed E-state index contributed by atoms with van der Waals surface area (Å²) in [5.41, 5.74) is 6.19. The summed E-state index contributed by atoms with van der Waals surface area (Å²) in [6.45, 7) is 4.83. The lowest BCUT2D eigenvalue weighted by atomic mass is 10.0. The number of carbonyl (C=O) groups excluding carboxylic acids is 1. The third kappa shape index (κ3) is 4.78. The number of hydrogen-bond donors (Lipinski definition) is 3. The summed E-state index contributed by atoms with van der Waals surface area (Å²) in [5.74, 6) is 0.375. The van der Waals surface area contributed by atoms with Crippen LogP contribution < -0.4 is 15.8 Å². The molecule has 24 heavy (non-hydrogen) atoms. The summed E-state index contributed by atoms with van der Waals surface area (Å²) in [6.07, 6.45) is 3.06.